The normalized spacial score (nSPS) is 20.1. The van der Waals surface area contributed by atoms with Crippen molar-refractivity contribution in [3.8, 4) is 0 Å². The fourth-order valence-electron chi connectivity index (χ4n) is 2.76. The molecule has 0 bridgehead atoms. The molecule has 1 unspecified atom stereocenters. The maximum atomic E-state index is 5.89. The third kappa shape index (κ3) is 5.23. The first-order valence-corrected chi connectivity index (χ1v) is 7.96. The second-order valence-electron chi connectivity index (χ2n) is 5.63. The smallest absolute Gasteiger partial charge is 0.0997 e. The lowest BCUT2D eigenvalue weighted by Crippen LogP contribution is -2.46. The Hall–Kier alpha value is -0.900. The summed E-state index contributed by atoms with van der Waals surface area (Å²) in [4.78, 5) is 2.50. The molecule has 1 saturated heterocycles. The minimum atomic E-state index is 0.645. The van der Waals surface area contributed by atoms with Gasteiger partial charge in [0, 0.05) is 19.1 Å². The minimum absolute atomic E-state index is 0.645. The number of likely N-dealkylation sites (tertiary alicyclic amines) is 1. The molecular weight excluding hydrogens is 248 g/mol. The largest absolute Gasteiger partial charge is 0.361 e. The molecule has 2 rings (SSSR count). The van der Waals surface area contributed by atoms with Gasteiger partial charge in [-0.25, -0.2) is 0 Å². The summed E-state index contributed by atoms with van der Waals surface area (Å²) >= 11 is 0. The van der Waals surface area contributed by atoms with Crippen LogP contribution in [0.5, 0.6) is 0 Å². The number of benzene rings is 1. The Labute approximate surface area is 123 Å². The molecule has 1 atom stereocenters. The first-order valence-electron chi connectivity index (χ1n) is 7.96. The molecule has 1 fully saturated rings. The van der Waals surface area contributed by atoms with Crippen molar-refractivity contribution in [2.75, 3.05) is 26.4 Å². The van der Waals surface area contributed by atoms with E-state index in [0.29, 0.717) is 12.6 Å². The number of hydrogen-bond acceptors (Lipinski definition) is 3. The van der Waals surface area contributed by atoms with Gasteiger partial charge in [0.05, 0.1) is 13.3 Å². The predicted molar refractivity (Wildman–Crippen MR) is 83.6 cm³/mol. The van der Waals surface area contributed by atoms with Crippen LogP contribution in [0.15, 0.2) is 30.3 Å². The number of rotatable bonds is 8. The number of nitrogens with one attached hydrogen (secondary N) is 1. The fourth-order valence-corrected chi connectivity index (χ4v) is 2.76. The van der Waals surface area contributed by atoms with E-state index in [1.807, 2.05) is 6.07 Å². The van der Waals surface area contributed by atoms with Gasteiger partial charge in [-0.2, -0.15) is 0 Å². The van der Waals surface area contributed by atoms with Crippen LogP contribution in [-0.2, 0) is 11.3 Å². The first-order chi connectivity index (χ1) is 9.90. The number of hydrogen-bond donors (Lipinski definition) is 1. The molecule has 1 aromatic carbocycles. The van der Waals surface area contributed by atoms with Crippen LogP contribution in [0.1, 0.15) is 38.2 Å². The standard InChI is InChI=1S/C17H28N2O/c1-2-11-18-13-17-10-6-7-12-19(17)15-20-14-16-8-4-3-5-9-16/h3-5,8-9,17-18H,2,6-7,10-15H2,1H3. The van der Waals surface area contributed by atoms with Gasteiger partial charge in [0.2, 0.25) is 0 Å². The van der Waals surface area contributed by atoms with E-state index < -0.39 is 0 Å². The maximum absolute atomic E-state index is 5.89. The van der Waals surface area contributed by atoms with Crippen LogP contribution >= 0.6 is 0 Å². The van der Waals surface area contributed by atoms with E-state index >= 15 is 0 Å². The molecule has 3 heteroatoms. The lowest BCUT2D eigenvalue weighted by molar-refractivity contribution is -0.0169. The molecule has 0 saturated carbocycles. The summed E-state index contributed by atoms with van der Waals surface area (Å²) in [5.74, 6) is 0. The second-order valence-corrected chi connectivity index (χ2v) is 5.63. The third-order valence-corrected chi connectivity index (χ3v) is 3.92. The van der Waals surface area contributed by atoms with E-state index in [1.54, 1.807) is 0 Å². The molecule has 1 aliphatic heterocycles. The number of nitrogens with zero attached hydrogens (tertiary/aromatic N) is 1. The molecule has 1 aliphatic rings. The van der Waals surface area contributed by atoms with Gasteiger partial charge >= 0.3 is 0 Å². The van der Waals surface area contributed by atoms with Gasteiger partial charge in [-0.15, -0.1) is 0 Å². The van der Waals surface area contributed by atoms with Crippen LogP contribution in [-0.4, -0.2) is 37.3 Å². The summed E-state index contributed by atoms with van der Waals surface area (Å²) in [5.41, 5.74) is 1.25. The molecule has 112 valence electrons. The summed E-state index contributed by atoms with van der Waals surface area (Å²) in [6.45, 7) is 7.08. The maximum Gasteiger partial charge on any atom is 0.0997 e. The van der Waals surface area contributed by atoms with Gasteiger partial charge in [-0.1, -0.05) is 43.7 Å². The molecule has 3 nitrogen and oxygen atoms in total. The van der Waals surface area contributed by atoms with Crippen molar-refractivity contribution in [1.82, 2.24) is 10.2 Å². The summed E-state index contributed by atoms with van der Waals surface area (Å²) in [6, 6.07) is 11.1. The van der Waals surface area contributed by atoms with Crippen LogP contribution in [0.2, 0.25) is 0 Å². The zero-order valence-corrected chi connectivity index (χ0v) is 12.7. The highest BCUT2D eigenvalue weighted by atomic mass is 16.5. The van der Waals surface area contributed by atoms with E-state index in [4.69, 9.17) is 4.74 Å². The molecule has 0 aliphatic carbocycles. The number of ether oxygens (including phenoxy) is 1. The van der Waals surface area contributed by atoms with Crippen LogP contribution in [0, 0.1) is 0 Å². The average molecular weight is 276 g/mol. The van der Waals surface area contributed by atoms with Crippen molar-refractivity contribution in [1.29, 1.82) is 0 Å². The van der Waals surface area contributed by atoms with E-state index in [2.05, 4.69) is 41.4 Å². The summed E-state index contributed by atoms with van der Waals surface area (Å²) in [6.07, 6.45) is 5.16. The topological polar surface area (TPSA) is 24.5 Å². The molecule has 20 heavy (non-hydrogen) atoms. The Balaban J connectivity index is 1.71. The van der Waals surface area contributed by atoms with Crippen LogP contribution in [0.3, 0.4) is 0 Å². The Morgan fingerprint density at radius 2 is 2.10 bits per heavy atom. The molecule has 0 spiro atoms. The fraction of sp³-hybridized carbons (Fsp3) is 0.647. The van der Waals surface area contributed by atoms with Crippen LogP contribution in [0.25, 0.3) is 0 Å². The highest BCUT2D eigenvalue weighted by Gasteiger charge is 2.21. The van der Waals surface area contributed by atoms with Crippen molar-refractivity contribution in [3.63, 3.8) is 0 Å². The average Bonchev–Trinajstić information content (AvgIpc) is 2.50. The van der Waals surface area contributed by atoms with Crippen LogP contribution < -0.4 is 5.32 Å². The third-order valence-electron chi connectivity index (χ3n) is 3.92. The van der Waals surface area contributed by atoms with Crippen molar-refractivity contribution in [2.45, 2.75) is 45.3 Å². The van der Waals surface area contributed by atoms with Crippen molar-refractivity contribution in [3.05, 3.63) is 35.9 Å². The van der Waals surface area contributed by atoms with Crippen LogP contribution in [0.4, 0.5) is 0 Å². The molecule has 0 radical (unpaired) electrons. The van der Waals surface area contributed by atoms with Crippen molar-refractivity contribution < 1.29 is 4.74 Å². The summed E-state index contributed by atoms with van der Waals surface area (Å²) < 4.78 is 5.89. The Morgan fingerprint density at radius 1 is 1.25 bits per heavy atom. The van der Waals surface area contributed by atoms with Gasteiger partial charge in [0.25, 0.3) is 0 Å². The highest BCUT2D eigenvalue weighted by molar-refractivity contribution is 5.13. The zero-order valence-electron chi connectivity index (χ0n) is 12.7. The Kier molecular flexibility index (Phi) is 7.06. The number of piperidine rings is 1. The summed E-state index contributed by atoms with van der Waals surface area (Å²) in [5, 5.41) is 3.55. The van der Waals surface area contributed by atoms with Gasteiger partial charge in [-0.3, -0.25) is 4.90 Å². The Bertz CT molecular complexity index is 355. The first kappa shape index (κ1) is 15.5. The van der Waals surface area contributed by atoms with Gasteiger partial charge < -0.3 is 10.1 Å². The molecular formula is C17H28N2O. The van der Waals surface area contributed by atoms with E-state index in [-0.39, 0.29) is 0 Å². The van der Waals surface area contributed by atoms with E-state index in [9.17, 15) is 0 Å². The molecule has 1 heterocycles. The SMILES string of the molecule is CCCNCC1CCCCN1COCc1ccccc1. The molecule has 1 N–H and O–H groups in total. The molecule has 0 aromatic heterocycles. The summed E-state index contributed by atoms with van der Waals surface area (Å²) in [7, 11) is 0. The Morgan fingerprint density at radius 3 is 2.90 bits per heavy atom. The second kappa shape index (κ2) is 9.11. The predicted octanol–water partition coefficient (Wildman–Crippen LogP) is 3.01. The van der Waals surface area contributed by atoms with E-state index in [1.165, 1.54) is 37.8 Å². The lowest BCUT2D eigenvalue weighted by atomic mass is 10.0. The van der Waals surface area contributed by atoms with Gasteiger partial charge in [-0.05, 0) is 31.4 Å². The van der Waals surface area contributed by atoms with Crippen molar-refractivity contribution in [2.24, 2.45) is 0 Å². The molecule has 1 aromatic rings. The van der Waals surface area contributed by atoms with Crippen molar-refractivity contribution >= 4 is 0 Å². The quantitative estimate of drug-likeness (QED) is 0.739. The lowest BCUT2D eigenvalue weighted by Gasteiger charge is -2.35. The van der Waals surface area contributed by atoms with Gasteiger partial charge in [0.15, 0.2) is 0 Å². The highest BCUT2D eigenvalue weighted by Crippen LogP contribution is 2.16. The minimum Gasteiger partial charge on any atom is -0.361 e. The monoisotopic (exact) mass is 276 g/mol. The molecule has 0 amide bonds. The van der Waals surface area contributed by atoms with E-state index in [0.717, 1.165) is 19.8 Å². The van der Waals surface area contributed by atoms with Gasteiger partial charge in [0.1, 0.15) is 0 Å². The zero-order chi connectivity index (χ0) is 14.0.